The highest BCUT2D eigenvalue weighted by molar-refractivity contribution is 5.06. The van der Waals surface area contributed by atoms with Crippen molar-refractivity contribution >= 4 is 0 Å². The van der Waals surface area contributed by atoms with Crippen molar-refractivity contribution in [1.82, 2.24) is 15.2 Å². The molecule has 1 heterocycles. The highest BCUT2D eigenvalue weighted by Gasteiger charge is 2.44. The number of nitrogens with zero attached hydrogens (tertiary/aromatic N) is 2. The molecule has 1 atom stereocenters. The molecule has 1 aliphatic rings. The van der Waals surface area contributed by atoms with Gasteiger partial charge in [-0.3, -0.25) is 5.10 Å². The second-order valence-corrected chi connectivity index (χ2v) is 3.75. The average Bonchev–Trinajstić information content (AvgIpc) is 2.54. The molecule has 11 heavy (non-hydrogen) atoms. The minimum absolute atomic E-state index is 0.500. The molecule has 0 spiro atoms. The fourth-order valence-electron chi connectivity index (χ4n) is 1.38. The van der Waals surface area contributed by atoms with Crippen molar-refractivity contribution in [3.8, 4) is 0 Å². The van der Waals surface area contributed by atoms with Gasteiger partial charge in [0.2, 0.25) is 0 Å². The van der Waals surface area contributed by atoms with Gasteiger partial charge in [-0.05, 0) is 18.3 Å². The van der Waals surface area contributed by atoms with E-state index < -0.39 is 0 Å². The van der Waals surface area contributed by atoms with Crippen LogP contribution in [0, 0.1) is 5.41 Å². The summed E-state index contributed by atoms with van der Waals surface area (Å²) in [4.78, 5) is 4.16. The van der Waals surface area contributed by atoms with Crippen LogP contribution in [0.15, 0.2) is 6.33 Å². The average molecular weight is 151 g/mol. The summed E-state index contributed by atoms with van der Waals surface area (Å²) >= 11 is 0. The Morgan fingerprint density at radius 2 is 2.36 bits per heavy atom. The maximum atomic E-state index is 4.16. The predicted molar refractivity (Wildman–Crippen MR) is 42.1 cm³/mol. The molecule has 3 nitrogen and oxygen atoms in total. The third kappa shape index (κ3) is 1.04. The first-order valence-electron chi connectivity index (χ1n) is 4.08. The lowest BCUT2D eigenvalue weighted by atomic mass is 9.92. The highest BCUT2D eigenvalue weighted by Crippen LogP contribution is 2.54. The van der Waals surface area contributed by atoms with Crippen molar-refractivity contribution < 1.29 is 0 Å². The van der Waals surface area contributed by atoms with E-state index in [1.165, 1.54) is 12.8 Å². The number of hydrogen-bond donors (Lipinski definition) is 1. The van der Waals surface area contributed by atoms with Gasteiger partial charge in [-0.2, -0.15) is 5.10 Å². The predicted octanol–water partition coefficient (Wildman–Crippen LogP) is 1.71. The third-order valence-corrected chi connectivity index (χ3v) is 2.93. The molecule has 1 aliphatic carbocycles. The van der Waals surface area contributed by atoms with Crippen molar-refractivity contribution in [1.29, 1.82) is 0 Å². The van der Waals surface area contributed by atoms with Gasteiger partial charge in [0.15, 0.2) is 0 Å². The standard InChI is InChI=1S/C8H13N3/c1-6(8(2)3-4-8)7-9-5-10-11-7/h5-6H,3-4H2,1-2H3,(H,9,10,11). The summed E-state index contributed by atoms with van der Waals surface area (Å²) in [7, 11) is 0. The summed E-state index contributed by atoms with van der Waals surface area (Å²) < 4.78 is 0. The Hall–Kier alpha value is -0.860. The Labute approximate surface area is 66.2 Å². The summed E-state index contributed by atoms with van der Waals surface area (Å²) in [5.74, 6) is 1.56. The van der Waals surface area contributed by atoms with Gasteiger partial charge in [0.05, 0.1) is 0 Å². The van der Waals surface area contributed by atoms with E-state index in [9.17, 15) is 0 Å². The molecule has 0 amide bonds. The van der Waals surface area contributed by atoms with E-state index in [-0.39, 0.29) is 0 Å². The van der Waals surface area contributed by atoms with E-state index >= 15 is 0 Å². The number of nitrogens with one attached hydrogen (secondary N) is 1. The van der Waals surface area contributed by atoms with Gasteiger partial charge in [0.1, 0.15) is 12.2 Å². The van der Waals surface area contributed by atoms with Crippen LogP contribution in [0.3, 0.4) is 0 Å². The molecule has 1 fully saturated rings. The van der Waals surface area contributed by atoms with Crippen molar-refractivity contribution in [2.24, 2.45) is 5.41 Å². The van der Waals surface area contributed by atoms with Gasteiger partial charge < -0.3 is 0 Å². The Bertz CT molecular complexity index is 236. The number of aromatic nitrogens is 3. The monoisotopic (exact) mass is 151 g/mol. The zero-order valence-electron chi connectivity index (χ0n) is 6.96. The molecule has 60 valence electrons. The van der Waals surface area contributed by atoms with E-state index in [0.29, 0.717) is 11.3 Å². The van der Waals surface area contributed by atoms with Crippen molar-refractivity contribution in [2.75, 3.05) is 0 Å². The summed E-state index contributed by atoms with van der Waals surface area (Å²) in [6, 6.07) is 0. The van der Waals surface area contributed by atoms with Crippen LogP contribution in [-0.4, -0.2) is 15.2 Å². The molecule has 1 aromatic heterocycles. The van der Waals surface area contributed by atoms with Gasteiger partial charge in [-0.25, -0.2) is 4.98 Å². The summed E-state index contributed by atoms with van der Waals surface area (Å²) in [6.07, 6.45) is 4.24. The normalized spacial score (nSPS) is 23.1. The maximum Gasteiger partial charge on any atom is 0.137 e. The van der Waals surface area contributed by atoms with E-state index in [1.807, 2.05) is 0 Å². The summed E-state index contributed by atoms with van der Waals surface area (Å²) in [5.41, 5.74) is 0.500. The number of hydrogen-bond acceptors (Lipinski definition) is 2. The zero-order chi connectivity index (χ0) is 7.90. The van der Waals surface area contributed by atoms with Crippen molar-refractivity contribution in [2.45, 2.75) is 32.6 Å². The third-order valence-electron chi connectivity index (χ3n) is 2.93. The zero-order valence-corrected chi connectivity index (χ0v) is 6.96. The number of aromatic amines is 1. The molecular formula is C8H13N3. The van der Waals surface area contributed by atoms with Crippen LogP contribution < -0.4 is 0 Å². The van der Waals surface area contributed by atoms with E-state index in [4.69, 9.17) is 0 Å². The van der Waals surface area contributed by atoms with Gasteiger partial charge in [-0.15, -0.1) is 0 Å². The molecule has 0 aliphatic heterocycles. The van der Waals surface area contributed by atoms with E-state index in [1.54, 1.807) is 6.33 Å². The van der Waals surface area contributed by atoms with Gasteiger partial charge in [0.25, 0.3) is 0 Å². The number of H-pyrrole nitrogens is 1. The minimum Gasteiger partial charge on any atom is -0.263 e. The Balaban J connectivity index is 2.17. The molecule has 1 saturated carbocycles. The van der Waals surface area contributed by atoms with Crippen LogP contribution in [0.2, 0.25) is 0 Å². The molecule has 0 aromatic carbocycles. The van der Waals surface area contributed by atoms with Gasteiger partial charge in [-0.1, -0.05) is 13.8 Å². The maximum absolute atomic E-state index is 4.16. The second-order valence-electron chi connectivity index (χ2n) is 3.75. The van der Waals surface area contributed by atoms with Crippen LogP contribution in [0.1, 0.15) is 38.4 Å². The first-order valence-corrected chi connectivity index (χ1v) is 4.08. The van der Waals surface area contributed by atoms with Crippen molar-refractivity contribution in [3.63, 3.8) is 0 Å². The molecule has 0 radical (unpaired) electrons. The van der Waals surface area contributed by atoms with Gasteiger partial charge in [0, 0.05) is 5.92 Å². The number of rotatable bonds is 2. The van der Waals surface area contributed by atoms with E-state index in [0.717, 1.165) is 5.82 Å². The molecular weight excluding hydrogens is 138 g/mol. The van der Waals surface area contributed by atoms with Crippen LogP contribution in [0.4, 0.5) is 0 Å². The van der Waals surface area contributed by atoms with Crippen LogP contribution in [0.25, 0.3) is 0 Å². The summed E-state index contributed by atoms with van der Waals surface area (Å²) in [5, 5.41) is 6.77. The van der Waals surface area contributed by atoms with Gasteiger partial charge >= 0.3 is 0 Å². The lowest BCUT2D eigenvalue weighted by molar-refractivity contribution is 0.450. The van der Waals surface area contributed by atoms with Crippen molar-refractivity contribution in [3.05, 3.63) is 12.2 Å². The first kappa shape index (κ1) is 6.83. The quantitative estimate of drug-likeness (QED) is 0.699. The molecule has 0 bridgehead atoms. The SMILES string of the molecule is CC(c1ncn[nH]1)C1(C)CC1. The minimum atomic E-state index is 0.500. The highest BCUT2D eigenvalue weighted by atomic mass is 15.2. The molecule has 1 unspecified atom stereocenters. The molecule has 1 aromatic rings. The lowest BCUT2D eigenvalue weighted by Crippen LogP contribution is -2.08. The Kier molecular flexibility index (Phi) is 1.28. The molecule has 1 N–H and O–H groups in total. The Morgan fingerprint density at radius 3 is 2.82 bits per heavy atom. The summed E-state index contributed by atoms with van der Waals surface area (Å²) in [6.45, 7) is 4.52. The largest absolute Gasteiger partial charge is 0.263 e. The first-order chi connectivity index (χ1) is 5.22. The lowest BCUT2D eigenvalue weighted by Gasteiger charge is -2.14. The van der Waals surface area contributed by atoms with Crippen LogP contribution in [-0.2, 0) is 0 Å². The second kappa shape index (κ2) is 2.06. The fourth-order valence-corrected chi connectivity index (χ4v) is 1.38. The molecule has 0 saturated heterocycles. The smallest absolute Gasteiger partial charge is 0.137 e. The van der Waals surface area contributed by atoms with Crippen LogP contribution in [0.5, 0.6) is 0 Å². The molecule has 3 heteroatoms. The fraction of sp³-hybridized carbons (Fsp3) is 0.750. The van der Waals surface area contributed by atoms with Crippen LogP contribution >= 0.6 is 0 Å². The molecule has 2 rings (SSSR count). The topological polar surface area (TPSA) is 41.6 Å². The van der Waals surface area contributed by atoms with E-state index in [2.05, 4.69) is 29.0 Å². The Morgan fingerprint density at radius 1 is 1.64 bits per heavy atom.